The highest BCUT2D eigenvalue weighted by Crippen LogP contribution is 2.21. The molecule has 1 saturated carbocycles. The van der Waals surface area contributed by atoms with Crippen molar-refractivity contribution in [3.05, 3.63) is 21.9 Å². The summed E-state index contributed by atoms with van der Waals surface area (Å²) < 4.78 is 0. The maximum atomic E-state index is 3.68. The molecule has 0 aliphatic heterocycles. The van der Waals surface area contributed by atoms with E-state index in [4.69, 9.17) is 0 Å². The lowest BCUT2D eigenvalue weighted by Crippen LogP contribution is -2.41. The van der Waals surface area contributed by atoms with Crippen LogP contribution in [0.3, 0.4) is 0 Å². The standard InChI is InChI=1S/C12H19NS/c1-9(13-11-4-3-5-11)8-12-7-6-10(2)14-12/h6-7,9,11,13H,3-5,8H2,1-2H3. The second-order valence-electron chi connectivity index (χ2n) is 4.41. The first-order valence-corrected chi connectivity index (χ1v) is 6.37. The van der Waals surface area contributed by atoms with Gasteiger partial charge in [-0.15, -0.1) is 11.3 Å². The number of rotatable bonds is 4. The Balaban J connectivity index is 1.78. The van der Waals surface area contributed by atoms with E-state index in [2.05, 4.69) is 31.3 Å². The molecule has 2 rings (SSSR count). The topological polar surface area (TPSA) is 12.0 Å². The number of aryl methyl sites for hydroxylation is 1. The Hall–Kier alpha value is -0.340. The first-order valence-electron chi connectivity index (χ1n) is 5.55. The largest absolute Gasteiger partial charge is 0.311 e. The molecule has 1 aromatic heterocycles. The lowest BCUT2D eigenvalue weighted by molar-refractivity contribution is 0.310. The van der Waals surface area contributed by atoms with Crippen LogP contribution in [-0.4, -0.2) is 12.1 Å². The molecule has 78 valence electrons. The average Bonchev–Trinajstić information content (AvgIpc) is 2.44. The molecule has 1 unspecified atom stereocenters. The molecule has 1 N–H and O–H groups in total. The molecule has 1 atom stereocenters. The van der Waals surface area contributed by atoms with Crippen LogP contribution in [0, 0.1) is 6.92 Å². The van der Waals surface area contributed by atoms with Crippen molar-refractivity contribution in [3.8, 4) is 0 Å². The van der Waals surface area contributed by atoms with Crippen molar-refractivity contribution >= 4 is 11.3 Å². The quantitative estimate of drug-likeness (QED) is 0.803. The summed E-state index contributed by atoms with van der Waals surface area (Å²) in [6.07, 6.45) is 5.37. The minimum absolute atomic E-state index is 0.637. The van der Waals surface area contributed by atoms with Gasteiger partial charge in [-0.3, -0.25) is 0 Å². The molecule has 0 aromatic carbocycles. The molecule has 1 aromatic rings. The van der Waals surface area contributed by atoms with Crippen LogP contribution < -0.4 is 5.32 Å². The van der Waals surface area contributed by atoms with Crippen LogP contribution in [0.25, 0.3) is 0 Å². The first-order chi connectivity index (χ1) is 6.74. The lowest BCUT2D eigenvalue weighted by Gasteiger charge is -2.29. The fourth-order valence-electron chi connectivity index (χ4n) is 1.93. The van der Waals surface area contributed by atoms with E-state index >= 15 is 0 Å². The van der Waals surface area contributed by atoms with Gasteiger partial charge in [0.15, 0.2) is 0 Å². The lowest BCUT2D eigenvalue weighted by atomic mass is 9.92. The summed E-state index contributed by atoms with van der Waals surface area (Å²) in [5.41, 5.74) is 0. The van der Waals surface area contributed by atoms with Crippen LogP contribution in [0.4, 0.5) is 0 Å². The van der Waals surface area contributed by atoms with Gasteiger partial charge in [0.1, 0.15) is 0 Å². The molecule has 0 amide bonds. The predicted molar refractivity (Wildman–Crippen MR) is 63.0 cm³/mol. The van der Waals surface area contributed by atoms with Gasteiger partial charge in [-0.25, -0.2) is 0 Å². The normalized spacial score (nSPS) is 19.3. The molecular formula is C12H19NS. The summed E-state index contributed by atoms with van der Waals surface area (Å²) in [5.74, 6) is 0. The van der Waals surface area contributed by atoms with Crippen LogP contribution >= 0.6 is 11.3 Å². The Morgan fingerprint density at radius 3 is 2.79 bits per heavy atom. The fraction of sp³-hybridized carbons (Fsp3) is 0.667. The number of thiophene rings is 1. The van der Waals surface area contributed by atoms with Crippen molar-refractivity contribution in [2.45, 2.75) is 51.6 Å². The molecule has 0 saturated heterocycles. The predicted octanol–water partition coefficient (Wildman–Crippen LogP) is 3.13. The zero-order valence-electron chi connectivity index (χ0n) is 9.05. The van der Waals surface area contributed by atoms with Gasteiger partial charge in [-0.05, 0) is 45.2 Å². The summed E-state index contributed by atoms with van der Waals surface area (Å²) in [6, 6.07) is 5.93. The number of hydrogen-bond donors (Lipinski definition) is 1. The Bertz CT molecular complexity index is 288. The SMILES string of the molecule is Cc1ccc(CC(C)NC2CCC2)s1. The maximum absolute atomic E-state index is 3.68. The molecule has 1 nitrogen and oxygen atoms in total. The molecule has 0 spiro atoms. The van der Waals surface area contributed by atoms with E-state index in [9.17, 15) is 0 Å². The number of hydrogen-bond acceptors (Lipinski definition) is 2. The van der Waals surface area contributed by atoms with Crippen LogP contribution in [0.2, 0.25) is 0 Å². The fourth-order valence-corrected chi connectivity index (χ4v) is 2.95. The van der Waals surface area contributed by atoms with Crippen molar-refractivity contribution < 1.29 is 0 Å². The summed E-state index contributed by atoms with van der Waals surface area (Å²) >= 11 is 1.93. The monoisotopic (exact) mass is 209 g/mol. The minimum Gasteiger partial charge on any atom is -0.311 e. The second kappa shape index (κ2) is 4.45. The van der Waals surface area contributed by atoms with Crippen molar-refractivity contribution in [3.63, 3.8) is 0 Å². The second-order valence-corrected chi connectivity index (χ2v) is 5.78. The van der Waals surface area contributed by atoms with Crippen LogP contribution in [0.5, 0.6) is 0 Å². The van der Waals surface area contributed by atoms with E-state index in [1.54, 1.807) is 0 Å². The first kappa shape index (κ1) is 10.2. The molecular weight excluding hydrogens is 190 g/mol. The van der Waals surface area contributed by atoms with Gasteiger partial charge in [-0.2, -0.15) is 0 Å². The van der Waals surface area contributed by atoms with E-state index in [0.717, 1.165) is 6.04 Å². The minimum atomic E-state index is 0.637. The highest BCUT2D eigenvalue weighted by molar-refractivity contribution is 7.11. The highest BCUT2D eigenvalue weighted by atomic mass is 32.1. The van der Waals surface area contributed by atoms with E-state index in [0.29, 0.717) is 6.04 Å². The van der Waals surface area contributed by atoms with E-state index < -0.39 is 0 Å². The Labute approximate surface area is 90.5 Å². The molecule has 0 radical (unpaired) electrons. The maximum Gasteiger partial charge on any atom is 0.00896 e. The highest BCUT2D eigenvalue weighted by Gasteiger charge is 2.19. The van der Waals surface area contributed by atoms with Gasteiger partial charge in [0.25, 0.3) is 0 Å². The van der Waals surface area contributed by atoms with Gasteiger partial charge >= 0.3 is 0 Å². The number of nitrogens with one attached hydrogen (secondary N) is 1. The van der Waals surface area contributed by atoms with Crippen molar-refractivity contribution in [2.24, 2.45) is 0 Å². The van der Waals surface area contributed by atoms with Crippen molar-refractivity contribution in [1.82, 2.24) is 5.32 Å². The van der Waals surface area contributed by atoms with Gasteiger partial charge < -0.3 is 5.32 Å². The molecule has 1 aliphatic carbocycles. The Kier molecular flexibility index (Phi) is 3.24. The molecule has 1 aliphatic rings. The summed E-state index contributed by atoms with van der Waals surface area (Å²) in [7, 11) is 0. The summed E-state index contributed by atoms with van der Waals surface area (Å²) in [6.45, 7) is 4.48. The zero-order chi connectivity index (χ0) is 9.97. The van der Waals surface area contributed by atoms with E-state index in [1.165, 1.54) is 35.4 Å². The molecule has 2 heteroatoms. The smallest absolute Gasteiger partial charge is 0.00896 e. The third kappa shape index (κ3) is 2.58. The van der Waals surface area contributed by atoms with Crippen LogP contribution in [-0.2, 0) is 6.42 Å². The molecule has 1 fully saturated rings. The van der Waals surface area contributed by atoms with Gasteiger partial charge in [0.2, 0.25) is 0 Å². The van der Waals surface area contributed by atoms with E-state index in [1.807, 2.05) is 11.3 Å². The molecule has 14 heavy (non-hydrogen) atoms. The third-order valence-electron chi connectivity index (χ3n) is 2.93. The van der Waals surface area contributed by atoms with Gasteiger partial charge in [0.05, 0.1) is 0 Å². The van der Waals surface area contributed by atoms with Crippen LogP contribution in [0.1, 0.15) is 35.9 Å². The summed E-state index contributed by atoms with van der Waals surface area (Å²) in [4.78, 5) is 2.94. The Morgan fingerprint density at radius 1 is 1.50 bits per heavy atom. The zero-order valence-corrected chi connectivity index (χ0v) is 9.86. The Morgan fingerprint density at radius 2 is 2.29 bits per heavy atom. The van der Waals surface area contributed by atoms with Crippen LogP contribution in [0.15, 0.2) is 12.1 Å². The van der Waals surface area contributed by atoms with Gasteiger partial charge in [0, 0.05) is 21.8 Å². The average molecular weight is 209 g/mol. The summed E-state index contributed by atoms with van der Waals surface area (Å²) in [5, 5.41) is 3.68. The third-order valence-corrected chi connectivity index (χ3v) is 3.95. The molecule has 1 heterocycles. The van der Waals surface area contributed by atoms with E-state index in [-0.39, 0.29) is 0 Å². The molecule has 0 bridgehead atoms. The van der Waals surface area contributed by atoms with Crippen molar-refractivity contribution in [2.75, 3.05) is 0 Å². The van der Waals surface area contributed by atoms with Crippen molar-refractivity contribution in [1.29, 1.82) is 0 Å². The van der Waals surface area contributed by atoms with Gasteiger partial charge in [-0.1, -0.05) is 6.42 Å².